The lowest BCUT2D eigenvalue weighted by molar-refractivity contribution is -0.137. The van der Waals surface area contributed by atoms with E-state index in [0.717, 1.165) is 9.80 Å². The van der Waals surface area contributed by atoms with Crippen LogP contribution in [0.1, 0.15) is 11.1 Å². The third-order valence-electron chi connectivity index (χ3n) is 4.54. The van der Waals surface area contributed by atoms with Crippen LogP contribution < -0.4 is 0 Å². The van der Waals surface area contributed by atoms with Gasteiger partial charge in [0.2, 0.25) is 0 Å². The molecule has 0 fully saturated rings. The Morgan fingerprint density at radius 3 is 2.23 bits per heavy atom. The van der Waals surface area contributed by atoms with Crippen LogP contribution in [0, 0.1) is 5.82 Å². The fourth-order valence-electron chi connectivity index (χ4n) is 3.10. The lowest BCUT2D eigenvalue weighted by atomic mass is 10.1. The Hall–Kier alpha value is -2.60. The number of nitrogens with zero attached hydrogens (tertiary/aromatic N) is 1. The number of benzene rings is 3. The number of hydrogen-bond donors (Lipinski definition) is 0. The zero-order valence-electron chi connectivity index (χ0n) is 15.4. The fraction of sp³-hybridized carbons (Fsp3) is 0.0435. The quantitative estimate of drug-likeness (QED) is 0.427. The molecule has 1 aliphatic rings. The summed E-state index contributed by atoms with van der Waals surface area (Å²) in [6, 6.07) is 19.8. The topological polar surface area (TPSA) is 37.4 Å². The SMILES string of the molecule is O=C1C(Sc2ccccc2)=C(c2ccc(Cl)cc2Cl)C(=O)N1Cc1ccc(F)cc1. The molecule has 0 N–H and O–H groups in total. The second kappa shape index (κ2) is 8.64. The van der Waals surface area contributed by atoms with Crippen molar-refractivity contribution in [3.05, 3.63) is 105 Å². The third-order valence-corrected chi connectivity index (χ3v) is 6.18. The van der Waals surface area contributed by atoms with Gasteiger partial charge in [0.1, 0.15) is 5.82 Å². The van der Waals surface area contributed by atoms with Crippen LogP contribution in [0.3, 0.4) is 0 Å². The molecule has 0 saturated carbocycles. The van der Waals surface area contributed by atoms with E-state index in [9.17, 15) is 14.0 Å². The van der Waals surface area contributed by atoms with Crippen LogP contribution in [0.5, 0.6) is 0 Å². The highest BCUT2D eigenvalue weighted by Gasteiger charge is 2.40. The maximum Gasteiger partial charge on any atom is 0.268 e. The first-order valence-corrected chi connectivity index (χ1v) is 10.5. The summed E-state index contributed by atoms with van der Waals surface area (Å²) in [6.45, 7) is 0.0332. The summed E-state index contributed by atoms with van der Waals surface area (Å²) in [4.78, 5) is 28.8. The van der Waals surface area contributed by atoms with E-state index in [1.165, 1.54) is 30.0 Å². The molecule has 0 unspecified atom stereocenters. The van der Waals surface area contributed by atoms with Crippen molar-refractivity contribution in [3.8, 4) is 0 Å². The van der Waals surface area contributed by atoms with Gasteiger partial charge in [-0.05, 0) is 42.0 Å². The Morgan fingerprint density at radius 1 is 0.867 bits per heavy atom. The van der Waals surface area contributed by atoms with Crippen LogP contribution >= 0.6 is 35.0 Å². The smallest absolute Gasteiger partial charge is 0.268 e. The predicted octanol–water partition coefficient (Wildman–Crippen LogP) is 6.20. The van der Waals surface area contributed by atoms with Gasteiger partial charge in [-0.15, -0.1) is 0 Å². The first-order chi connectivity index (χ1) is 14.4. The maximum absolute atomic E-state index is 13.3. The monoisotopic (exact) mass is 457 g/mol. The lowest BCUT2D eigenvalue weighted by Gasteiger charge is -2.15. The van der Waals surface area contributed by atoms with Crippen molar-refractivity contribution < 1.29 is 14.0 Å². The number of thioether (sulfide) groups is 1. The zero-order chi connectivity index (χ0) is 21.3. The largest absolute Gasteiger partial charge is 0.269 e. The molecule has 0 aromatic heterocycles. The molecule has 4 rings (SSSR count). The first-order valence-electron chi connectivity index (χ1n) is 8.97. The zero-order valence-corrected chi connectivity index (χ0v) is 17.8. The van der Waals surface area contributed by atoms with Crippen molar-refractivity contribution in [1.29, 1.82) is 0 Å². The molecular formula is C23H14Cl2FNO2S. The number of amides is 2. The minimum Gasteiger partial charge on any atom is -0.269 e. The van der Waals surface area contributed by atoms with Gasteiger partial charge in [0.05, 0.1) is 22.0 Å². The molecule has 0 atom stereocenters. The second-order valence-electron chi connectivity index (χ2n) is 6.57. The second-order valence-corrected chi connectivity index (χ2v) is 8.49. The molecule has 1 heterocycles. The van der Waals surface area contributed by atoms with Crippen LogP contribution in [-0.4, -0.2) is 16.7 Å². The Balaban J connectivity index is 1.76. The number of halogens is 3. The summed E-state index contributed by atoms with van der Waals surface area (Å²) in [5.41, 5.74) is 1.32. The summed E-state index contributed by atoms with van der Waals surface area (Å²) in [7, 11) is 0. The third kappa shape index (κ3) is 4.15. The molecule has 7 heteroatoms. The number of carbonyl (C=O) groups excluding carboxylic acids is 2. The summed E-state index contributed by atoms with van der Waals surface area (Å²) < 4.78 is 13.2. The molecule has 2 amide bonds. The number of imide groups is 1. The summed E-state index contributed by atoms with van der Waals surface area (Å²) in [5.74, 6) is -1.25. The van der Waals surface area contributed by atoms with Crippen LogP contribution in [0.25, 0.3) is 5.57 Å². The van der Waals surface area contributed by atoms with Gasteiger partial charge < -0.3 is 0 Å². The fourth-order valence-corrected chi connectivity index (χ4v) is 4.63. The molecule has 3 nitrogen and oxygen atoms in total. The van der Waals surface area contributed by atoms with Gasteiger partial charge in [-0.25, -0.2) is 4.39 Å². The molecule has 30 heavy (non-hydrogen) atoms. The van der Waals surface area contributed by atoms with E-state index >= 15 is 0 Å². The van der Waals surface area contributed by atoms with Gasteiger partial charge in [-0.2, -0.15) is 0 Å². The Bertz CT molecular complexity index is 1160. The minimum absolute atomic E-state index is 0.0332. The van der Waals surface area contributed by atoms with Gasteiger partial charge in [0.25, 0.3) is 11.8 Å². The van der Waals surface area contributed by atoms with Gasteiger partial charge in [-0.3, -0.25) is 14.5 Å². The first kappa shape index (κ1) is 20.7. The standard InChI is InChI=1S/C23H14Cl2FNO2S/c24-15-8-11-18(19(25)12-15)20-21(30-17-4-2-1-3-5-17)23(29)27(22(20)28)13-14-6-9-16(26)10-7-14/h1-12H,13H2. The number of rotatable bonds is 5. The molecule has 1 aliphatic heterocycles. The minimum atomic E-state index is -0.452. The van der Waals surface area contributed by atoms with Crippen molar-refractivity contribution in [1.82, 2.24) is 4.90 Å². The molecule has 0 bridgehead atoms. The average Bonchev–Trinajstić information content (AvgIpc) is 2.95. The van der Waals surface area contributed by atoms with Crippen LogP contribution in [0.4, 0.5) is 4.39 Å². The molecule has 0 radical (unpaired) electrons. The predicted molar refractivity (Wildman–Crippen MR) is 118 cm³/mol. The molecule has 0 aliphatic carbocycles. The van der Waals surface area contributed by atoms with Crippen molar-refractivity contribution in [2.75, 3.05) is 0 Å². The Labute approximate surface area is 187 Å². The van der Waals surface area contributed by atoms with Gasteiger partial charge in [0.15, 0.2) is 0 Å². The van der Waals surface area contributed by atoms with Gasteiger partial charge >= 0.3 is 0 Å². The van der Waals surface area contributed by atoms with E-state index in [4.69, 9.17) is 23.2 Å². The Morgan fingerprint density at radius 2 is 1.57 bits per heavy atom. The molecule has 0 spiro atoms. The highest BCUT2D eigenvalue weighted by molar-refractivity contribution is 8.04. The highest BCUT2D eigenvalue weighted by Crippen LogP contribution is 2.42. The van der Waals surface area contributed by atoms with Crippen molar-refractivity contribution in [3.63, 3.8) is 0 Å². The van der Waals surface area contributed by atoms with E-state index in [2.05, 4.69) is 0 Å². The van der Waals surface area contributed by atoms with E-state index in [1.807, 2.05) is 30.3 Å². The summed E-state index contributed by atoms with van der Waals surface area (Å²) in [6.07, 6.45) is 0. The van der Waals surface area contributed by atoms with Crippen molar-refractivity contribution >= 4 is 52.4 Å². The maximum atomic E-state index is 13.3. The van der Waals surface area contributed by atoms with E-state index in [1.54, 1.807) is 24.3 Å². The van der Waals surface area contributed by atoms with Crippen LogP contribution in [-0.2, 0) is 16.1 Å². The summed E-state index contributed by atoms with van der Waals surface area (Å²) in [5, 5.41) is 0.718. The molecular weight excluding hydrogens is 444 g/mol. The molecule has 150 valence electrons. The number of hydrogen-bond acceptors (Lipinski definition) is 3. The normalized spacial score (nSPS) is 14.0. The summed E-state index contributed by atoms with van der Waals surface area (Å²) >= 11 is 13.6. The van der Waals surface area contributed by atoms with Crippen molar-refractivity contribution in [2.45, 2.75) is 11.4 Å². The molecule has 3 aromatic rings. The number of carbonyl (C=O) groups is 2. The lowest BCUT2D eigenvalue weighted by Crippen LogP contribution is -2.30. The highest BCUT2D eigenvalue weighted by atomic mass is 35.5. The molecule has 0 saturated heterocycles. The van der Waals surface area contributed by atoms with Crippen molar-refractivity contribution in [2.24, 2.45) is 0 Å². The Kier molecular flexibility index (Phi) is 5.95. The van der Waals surface area contributed by atoms with Crippen LogP contribution in [0.15, 0.2) is 82.6 Å². The average molecular weight is 458 g/mol. The van der Waals surface area contributed by atoms with E-state index in [-0.39, 0.29) is 27.9 Å². The van der Waals surface area contributed by atoms with Crippen LogP contribution in [0.2, 0.25) is 10.0 Å². The van der Waals surface area contributed by atoms with Gasteiger partial charge in [0, 0.05) is 15.5 Å². The van der Waals surface area contributed by atoms with Gasteiger partial charge in [-0.1, -0.05) is 71.4 Å². The van der Waals surface area contributed by atoms with E-state index in [0.29, 0.717) is 16.1 Å². The van der Waals surface area contributed by atoms with E-state index < -0.39 is 11.8 Å². The molecule has 3 aromatic carbocycles.